The minimum absolute atomic E-state index is 0.877. The van der Waals surface area contributed by atoms with Gasteiger partial charge in [0.25, 0.3) is 0 Å². The monoisotopic (exact) mass is 260 g/mol. The zero-order chi connectivity index (χ0) is 13.3. The van der Waals surface area contributed by atoms with E-state index >= 15 is 0 Å². The molecule has 0 fully saturated rings. The molecule has 0 radical (unpaired) electrons. The standard InChI is InChI=1S/C18H28O/c1-2-3-4-5-9-14-19-18-13-12-16-10-7-6-8-11-17(16)15-18/h12-13,15H,2-11,14H2,1H3. The number of rotatable bonds is 7. The average Bonchev–Trinajstić information content (AvgIpc) is 2.67. The molecular formula is C18H28O. The minimum Gasteiger partial charge on any atom is -0.494 e. The average molecular weight is 260 g/mol. The molecule has 0 heterocycles. The smallest absolute Gasteiger partial charge is 0.119 e. The van der Waals surface area contributed by atoms with Gasteiger partial charge in [0, 0.05) is 0 Å². The number of hydrogen-bond donors (Lipinski definition) is 0. The van der Waals surface area contributed by atoms with Crippen molar-refractivity contribution in [3.05, 3.63) is 29.3 Å². The molecule has 0 aliphatic heterocycles. The fraction of sp³-hybridized carbons (Fsp3) is 0.667. The Balaban J connectivity index is 1.76. The summed E-state index contributed by atoms with van der Waals surface area (Å²) < 4.78 is 5.89. The zero-order valence-electron chi connectivity index (χ0n) is 12.4. The summed E-state index contributed by atoms with van der Waals surface area (Å²) in [7, 11) is 0. The maximum atomic E-state index is 5.89. The summed E-state index contributed by atoms with van der Waals surface area (Å²) in [5.41, 5.74) is 3.08. The molecule has 0 saturated heterocycles. The fourth-order valence-electron chi connectivity index (χ4n) is 2.87. The van der Waals surface area contributed by atoms with Gasteiger partial charge >= 0.3 is 0 Å². The normalized spacial score (nSPS) is 14.8. The molecule has 1 aliphatic rings. The van der Waals surface area contributed by atoms with Crippen LogP contribution in [0.15, 0.2) is 18.2 Å². The molecule has 2 rings (SSSR count). The van der Waals surface area contributed by atoms with Crippen LogP contribution in [-0.2, 0) is 12.8 Å². The molecule has 0 spiro atoms. The summed E-state index contributed by atoms with van der Waals surface area (Å²) in [5, 5.41) is 0. The van der Waals surface area contributed by atoms with E-state index in [1.807, 2.05) is 0 Å². The van der Waals surface area contributed by atoms with E-state index in [1.54, 1.807) is 5.56 Å². The van der Waals surface area contributed by atoms with Crippen molar-refractivity contribution in [3.63, 3.8) is 0 Å². The molecule has 0 atom stereocenters. The minimum atomic E-state index is 0.877. The maximum Gasteiger partial charge on any atom is 0.119 e. The van der Waals surface area contributed by atoms with Gasteiger partial charge in [-0.25, -0.2) is 0 Å². The molecule has 0 aromatic heterocycles. The molecule has 0 amide bonds. The SMILES string of the molecule is CCCCCCCOc1ccc2c(c1)CCCCC2. The van der Waals surface area contributed by atoms with E-state index in [-0.39, 0.29) is 0 Å². The first-order valence-corrected chi connectivity index (χ1v) is 8.15. The van der Waals surface area contributed by atoms with Crippen molar-refractivity contribution < 1.29 is 4.74 Å². The molecule has 1 nitrogen and oxygen atoms in total. The summed E-state index contributed by atoms with van der Waals surface area (Å²) in [6.45, 7) is 3.13. The maximum absolute atomic E-state index is 5.89. The highest BCUT2D eigenvalue weighted by Crippen LogP contribution is 2.24. The van der Waals surface area contributed by atoms with Crippen LogP contribution in [0.3, 0.4) is 0 Å². The van der Waals surface area contributed by atoms with E-state index in [9.17, 15) is 0 Å². The molecule has 0 saturated carbocycles. The Morgan fingerprint density at radius 1 is 0.895 bits per heavy atom. The van der Waals surface area contributed by atoms with Gasteiger partial charge in [-0.05, 0) is 55.4 Å². The summed E-state index contributed by atoms with van der Waals surface area (Å²) in [6, 6.07) is 6.73. The second-order valence-electron chi connectivity index (χ2n) is 5.75. The second kappa shape index (κ2) is 8.24. The van der Waals surface area contributed by atoms with E-state index in [0.717, 1.165) is 12.4 Å². The second-order valence-corrected chi connectivity index (χ2v) is 5.75. The number of hydrogen-bond acceptors (Lipinski definition) is 1. The first-order valence-electron chi connectivity index (χ1n) is 8.15. The van der Waals surface area contributed by atoms with Crippen molar-refractivity contribution in [2.24, 2.45) is 0 Å². The number of benzene rings is 1. The molecule has 1 aromatic rings. The highest BCUT2D eigenvalue weighted by atomic mass is 16.5. The first-order chi connectivity index (χ1) is 9.40. The number of aryl methyl sites for hydroxylation is 2. The van der Waals surface area contributed by atoms with Gasteiger partial charge in [-0.3, -0.25) is 0 Å². The van der Waals surface area contributed by atoms with Crippen molar-refractivity contribution in [3.8, 4) is 5.75 Å². The summed E-state index contributed by atoms with van der Waals surface area (Å²) in [5.74, 6) is 1.08. The highest BCUT2D eigenvalue weighted by molar-refractivity contribution is 5.36. The van der Waals surface area contributed by atoms with Crippen LogP contribution in [0.1, 0.15) is 69.4 Å². The lowest BCUT2D eigenvalue weighted by Gasteiger charge is -2.10. The zero-order valence-corrected chi connectivity index (χ0v) is 12.4. The molecule has 1 aliphatic carbocycles. The van der Waals surface area contributed by atoms with Crippen LogP contribution >= 0.6 is 0 Å². The van der Waals surface area contributed by atoms with Crippen LogP contribution in [0, 0.1) is 0 Å². The topological polar surface area (TPSA) is 9.23 Å². The van der Waals surface area contributed by atoms with Crippen LogP contribution in [0.5, 0.6) is 5.75 Å². The van der Waals surface area contributed by atoms with E-state index < -0.39 is 0 Å². The van der Waals surface area contributed by atoms with Gasteiger partial charge < -0.3 is 4.74 Å². The van der Waals surface area contributed by atoms with Gasteiger partial charge in [0.15, 0.2) is 0 Å². The predicted molar refractivity (Wildman–Crippen MR) is 82.0 cm³/mol. The van der Waals surface area contributed by atoms with Crippen LogP contribution < -0.4 is 4.74 Å². The van der Waals surface area contributed by atoms with E-state index in [0.29, 0.717) is 0 Å². The third-order valence-electron chi connectivity index (χ3n) is 4.09. The van der Waals surface area contributed by atoms with Crippen LogP contribution in [-0.4, -0.2) is 6.61 Å². The molecule has 1 heteroatoms. The van der Waals surface area contributed by atoms with Crippen LogP contribution in [0.25, 0.3) is 0 Å². The van der Waals surface area contributed by atoms with Gasteiger partial charge in [0.05, 0.1) is 6.61 Å². The van der Waals surface area contributed by atoms with E-state index in [2.05, 4.69) is 25.1 Å². The van der Waals surface area contributed by atoms with Crippen LogP contribution in [0.2, 0.25) is 0 Å². The summed E-state index contributed by atoms with van der Waals surface area (Å²) in [6.07, 6.45) is 13.1. The lowest BCUT2D eigenvalue weighted by atomic mass is 10.0. The Morgan fingerprint density at radius 2 is 1.68 bits per heavy atom. The van der Waals surface area contributed by atoms with E-state index in [4.69, 9.17) is 4.74 Å². The third-order valence-corrected chi connectivity index (χ3v) is 4.09. The Morgan fingerprint density at radius 3 is 2.53 bits per heavy atom. The van der Waals surface area contributed by atoms with Crippen molar-refractivity contribution in [1.29, 1.82) is 0 Å². The molecule has 0 bridgehead atoms. The Kier molecular flexibility index (Phi) is 6.26. The first kappa shape index (κ1) is 14.4. The highest BCUT2D eigenvalue weighted by Gasteiger charge is 2.08. The van der Waals surface area contributed by atoms with Crippen molar-refractivity contribution in [1.82, 2.24) is 0 Å². The van der Waals surface area contributed by atoms with Gasteiger partial charge in [0.1, 0.15) is 5.75 Å². The van der Waals surface area contributed by atoms with Gasteiger partial charge in [-0.2, -0.15) is 0 Å². The van der Waals surface area contributed by atoms with Gasteiger partial charge in [-0.15, -0.1) is 0 Å². The summed E-state index contributed by atoms with van der Waals surface area (Å²) in [4.78, 5) is 0. The molecule has 0 N–H and O–H groups in total. The Labute approximate surface area is 118 Å². The van der Waals surface area contributed by atoms with Crippen molar-refractivity contribution in [2.75, 3.05) is 6.61 Å². The quantitative estimate of drug-likeness (QED) is 0.477. The Bertz CT molecular complexity index is 370. The van der Waals surface area contributed by atoms with E-state index in [1.165, 1.54) is 69.8 Å². The predicted octanol–water partition coefficient (Wildman–Crippen LogP) is 5.30. The molecule has 19 heavy (non-hydrogen) atoms. The van der Waals surface area contributed by atoms with Gasteiger partial charge in [0.2, 0.25) is 0 Å². The van der Waals surface area contributed by atoms with Crippen LogP contribution in [0.4, 0.5) is 0 Å². The Hall–Kier alpha value is -0.980. The third kappa shape index (κ3) is 4.89. The molecule has 1 aromatic carbocycles. The largest absolute Gasteiger partial charge is 0.494 e. The van der Waals surface area contributed by atoms with Crippen molar-refractivity contribution in [2.45, 2.75) is 71.1 Å². The number of fused-ring (bicyclic) bond motifs is 1. The van der Waals surface area contributed by atoms with Crippen molar-refractivity contribution >= 4 is 0 Å². The molecular weight excluding hydrogens is 232 g/mol. The molecule has 0 unspecified atom stereocenters. The van der Waals surface area contributed by atoms with Gasteiger partial charge in [-0.1, -0.05) is 45.1 Å². The number of unbranched alkanes of at least 4 members (excludes halogenated alkanes) is 4. The molecule has 106 valence electrons. The fourth-order valence-corrected chi connectivity index (χ4v) is 2.87. The lowest BCUT2D eigenvalue weighted by Crippen LogP contribution is -1.99. The lowest BCUT2D eigenvalue weighted by molar-refractivity contribution is 0.304. The number of ether oxygens (including phenoxy) is 1. The summed E-state index contributed by atoms with van der Waals surface area (Å²) >= 11 is 0.